The van der Waals surface area contributed by atoms with Crippen LogP contribution in [0.1, 0.15) is 5.56 Å². The summed E-state index contributed by atoms with van der Waals surface area (Å²) in [5, 5.41) is 4.84. The number of rotatable bonds is 1. The molecule has 0 unspecified atom stereocenters. The van der Waals surface area contributed by atoms with Gasteiger partial charge in [0.05, 0.1) is 16.6 Å². The van der Waals surface area contributed by atoms with Crippen LogP contribution in [0.2, 0.25) is 10.0 Å². The molecule has 0 aliphatic heterocycles. The van der Waals surface area contributed by atoms with E-state index < -0.39 is 10.0 Å². The molecule has 1 rings (SSSR count). The summed E-state index contributed by atoms with van der Waals surface area (Å²) in [6.07, 6.45) is 0. The molecule has 0 atom stereocenters. The van der Waals surface area contributed by atoms with Gasteiger partial charge >= 0.3 is 0 Å². The Kier molecular flexibility index (Phi) is 4.19. The fraction of sp³-hybridized carbons (Fsp3) is 0.111. The standard InChI is InChI=1S/C9H8Cl2N2O2S/c10-7-4-6(2-1-3-12)5-8(11)9(7)16(13,14)15/h4-5H,3,12H2,(H2,13,14,15). The monoisotopic (exact) mass is 278 g/mol. The largest absolute Gasteiger partial charge is 0.320 e. The van der Waals surface area contributed by atoms with Gasteiger partial charge in [-0.2, -0.15) is 0 Å². The zero-order chi connectivity index (χ0) is 12.3. The molecule has 1 aromatic carbocycles. The highest BCUT2D eigenvalue weighted by Crippen LogP contribution is 2.29. The molecule has 0 radical (unpaired) electrons. The Bertz CT molecular complexity index is 550. The number of hydrogen-bond donors (Lipinski definition) is 2. The van der Waals surface area contributed by atoms with Crippen molar-refractivity contribution in [2.75, 3.05) is 6.54 Å². The van der Waals surface area contributed by atoms with E-state index in [1.807, 2.05) is 0 Å². The minimum atomic E-state index is -3.94. The van der Waals surface area contributed by atoms with Crippen LogP contribution < -0.4 is 10.9 Å². The van der Waals surface area contributed by atoms with E-state index in [0.29, 0.717) is 5.56 Å². The second kappa shape index (κ2) is 5.04. The summed E-state index contributed by atoms with van der Waals surface area (Å²) in [7, 11) is -3.94. The highest BCUT2D eigenvalue weighted by Gasteiger charge is 2.18. The molecule has 86 valence electrons. The van der Waals surface area contributed by atoms with Gasteiger partial charge in [-0.05, 0) is 12.1 Å². The molecule has 0 saturated carbocycles. The van der Waals surface area contributed by atoms with Crippen molar-refractivity contribution in [3.05, 3.63) is 27.7 Å². The number of hydrogen-bond acceptors (Lipinski definition) is 3. The summed E-state index contributed by atoms with van der Waals surface area (Å²) in [4.78, 5) is -0.297. The zero-order valence-electron chi connectivity index (χ0n) is 8.00. The lowest BCUT2D eigenvalue weighted by Crippen LogP contribution is -2.13. The second-order valence-electron chi connectivity index (χ2n) is 2.82. The van der Waals surface area contributed by atoms with Crippen LogP contribution in [0.5, 0.6) is 0 Å². The van der Waals surface area contributed by atoms with Crippen molar-refractivity contribution in [3.8, 4) is 11.8 Å². The first-order chi connectivity index (χ1) is 7.36. The maximum atomic E-state index is 11.2. The molecule has 4 nitrogen and oxygen atoms in total. The molecule has 1 aromatic rings. The molecule has 16 heavy (non-hydrogen) atoms. The normalized spacial score (nSPS) is 10.8. The summed E-state index contributed by atoms with van der Waals surface area (Å²) >= 11 is 11.5. The van der Waals surface area contributed by atoms with E-state index in [4.69, 9.17) is 34.1 Å². The van der Waals surface area contributed by atoms with Crippen LogP contribution in [0, 0.1) is 11.8 Å². The molecular formula is C9H8Cl2N2O2S. The van der Waals surface area contributed by atoms with Crippen molar-refractivity contribution in [1.29, 1.82) is 0 Å². The van der Waals surface area contributed by atoms with E-state index in [1.54, 1.807) is 0 Å². The third-order valence-corrected chi connectivity index (χ3v) is 3.45. The van der Waals surface area contributed by atoms with Crippen LogP contribution in [0.15, 0.2) is 17.0 Å². The van der Waals surface area contributed by atoms with Crippen molar-refractivity contribution in [2.45, 2.75) is 4.90 Å². The summed E-state index contributed by atoms with van der Waals surface area (Å²) in [5.41, 5.74) is 5.68. The van der Waals surface area contributed by atoms with E-state index in [-0.39, 0.29) is 21.5 Å². The Morgan fingerprint density at radius 1 is 1.25 bits per heavy atom. The molecule has 7 heteroatoms. The van der Waals surface area contributed by atoms with Gasteiger partial charge in [0, 0.05) is 5.56 Å². The van der Waals surface area contributed by atoms with Gasteiger partial charge in [0.15, 0.2) is 0 Å². The summed E-state index contributed by atoms with van der Waals surface area (Å²) in [5.74, 6) is 5.28. The number of sulfonamides is 1. The fourth-order valence-corrected chi connectivity index (χ4v) is 2.85. The summed E-state index contributed by atoms with van der Waals surface area (Å²) in [6.45, 7) is 0.187. The topological polar surface area (TPSA) is 86.2 Å². The van der Waals surface area contributed by atoms with Gasteiger partial charge < -0.3 is 5.73 Å². The second-order valence-corrected chi connectivity index (χ2v) is 5.13. The van der Waals surface area contributed by atoms with E-state index in [2.05, 4.69) is 11.8 Å². The predicted octanol–water partition coefficient (Wildman–Crippen LogP) is 0.951. The number of primary sulfonamides is 1. The van der Waals surface area contributed by atoms with Crippen molar-refractivity contribution in [3.63, 3.8) is 0 Å². The minimum absolute atomic E-state index is 0.0590. The Labute approximate surface area is 104 Å². The molecule has 4 N–H and O–H groups in total. The maximum Gasteiger partial charge on any atom is 0.241 e. The van der Waals surface area contributed by atoms with Crippen molar-refractivity contribution in [2.24, 2.45) is 10.9 Å². The molecule has 0 aliphatic rings. The number of halogens is 2. The van der Waals surface area contributed by atoms with Gasteiger partial charge in [0.25, 0.3) is 0 Å². The fourth-order valence-electron chi connectivity index (χ4n) is 1.06. The van der Waals surface area contributed by atoms with Gasteiger partial charge in [-0.1, -0.05) is 35.0 Å². The average molecular weight is 279 g/mol. The van der Waals surface area contributed by atoms with Crippen LogP contribution in [0.25, 0.3) is 0 Å². The highest BCUT2D eigenvalue weighted by molar-refractivity contribution is 7.89. The van der Waals surface area contributed by atoms with Crippen molar-refractivity contribution < 1.29 is 8.42 Å². The Morgan fingerprint density at radius 2 is 1.75 bits per heavy atom. The summed E-state index contributed by atoms with van der Waals surface area (Å²) in [6, 6.07) is 2.74. The van der Waals surface area contributed by atoms with E-state index >= 15 is 0 Å². The van der Waals surface area contributed by atoms with E-state index in [0.717, 1.165) is 0 Å². The molecule has 0 bridgehead atoms. The van der Waals surface area contributed by atoms with E-state index in [9.17, 15) is 8.42 Å². The lowest BCUT2D eigenvalue weighted by molar-refractivity contribution is 0.598. The number of nitrogens with two attached hydrogens (primary N) is 2. The molecule has 0 spiro atoms. The SMILES string of the molecule is NCC#Cc1cc(Cl)c(S(N)(=O)=O)c(Cl)c1. The van der Waals surface area contributed by atoms with Gasteiger partial charge in [0.2, 0.25) is 10.0 Å². The third kappa shape index (κ3) is 3.11. The Balaban J connectivity index is 3.40. The molecule has 0 aliphatic carbocycles. The van der Waals surface area contributed by atoms with E-state index in [1.165, 1.54) is 12.1 Å². The molecule has 0 aromatic heterocycles. The van der Waals surface area contributed by atoms with Crippen molar-refractivity contribution >= 4 is 33.2 Å². The Morgan fingerprint density at radius 3 is 2.12 bits per heavy atom. The van der Waals surface area contributed by atoms with Crippen LogP contribution >= 0.6 is 23.2 Å². The minimum Gasteiger partial charge on any atom is -0.320 e. The first kappa shape index (κ1) is 13.3. The van der Waals surface area contributed by atoms with Crippen LogP contribution in [-0.2, 0) is 10.0 Å². The van der Waals surface area contributed by atoms with Crippen LogP contribution in [-0.4, -0.2) is 15.0 Å². The van der Waals surface area contributed by atoms with Crippen LogP contribution in [0.4, 0.5) is 0 Å². The molecule has 0 heterocycles. The third-order valence-electron chi connectivity index (χ3n) is 1.62. The van der Waals surface area contributed by atoms with Crippen LogP contribution in [0.3, 0.4) is 0 Å². The zero-order valence-corrected chi connectivity index (χ0v) is 10.3. The van der Waals surface area contributed by atoms with Gasteiger partial charge in [-0.15, -0.1) is 0 Å². The average Bonchev–Trinajstić information content (AvgIpc) is 2.11. The lowest BCUT2D eigenvalue weighted by atomic mass is 10.2. The smallest absolute Gasteiger partial charge is 0.241 e. The molecule has 0 amide bonds. The lowest BCUT2D eigenvalue weighted by Gasteiger charge is -2.04. The van der Waals surface area contributed by atoms with Crippen molar-refractivity contribution in [1.82, 2.24) is 0 Å². The molecule has 0 fully saturated rings. The predicted molar refractivity (Wildman–Crippen MR) is 63.8 cm³/mol. The van der Waals surface area contributed by atoms with Gasteiger partial charge in [-0.25, -0.2) is 13.6 Å². The number of benzene rings is 1. The quantitative estimate of drug-likeness (QED) is 0.750. The molecular weight excluding hydrogens is 271 g/mol. The maximum absolute atomic E-state index is 11.2. The Hall–Kier alpha value is -0.770. The van der Waals surface area contributed by atoms with Gasteiger partial charge in [-0.3, -0.25) is 0 Å². The van der Waals surface area contributed by atoms with Gasteiger partial charge in [0.1, 0.15) is 4.90 Å². The first-order valence-electron chi connectivity index (χ1n) is 4.07. The highest BCUT2D eigenvalue weighted by atomic mass is 35.5. The summed E-state index contributed by atoms with van der Waals surface area (Å²) < 4.78 is 22.3. The molecule has 0 saturated heterocycles. The first-order valence-corrected chi connectivity index (χ1v) is 6.37.